The molecule has 0 unspecified atom stereocenters. The molecule has 66 valence electrons. The summed E-state index contributed by atoms with van der Waals surface area (Å²) in [6.45, 7) is 0. The van der Waals surface area contributed by atoms with Crippen molar-refractivity contribution >= 4 is 21.7 Å². The molecule has 0 saturated carbocycles. The Bertz CT molecular complexity index is 410. The second kappa shape index (κ2) is 3.18. The van der Waals surface area contributed by atoms with Gasteiger partial charge >= 0.3 is 0 Å². The Morgan fingerprint density at radius 2 is 2.00 bits per heavy atom. The zero-order chi connectivity index (χ0) is 9.26. The maximum absolute atomic E-state index is 5.40. The third-order valence-corrected chi connectivity index (χ3v) is 1.94. The van der Waals surface area contributed by atoms with Crippen molar-refractivity contribution < 1.29 is 4.42 Å². The Morgan fingerprint density at radius 1 is 1.15 bits per heavy atom. The summed E-state index contributed by atoms with van der Waals surface area (Å²) in [7, 11) is 0. The first kappa shape index (κ1) is 8.25. The van der Waals surface area contributed by atoms with E-state index in [1.807, 2.05) is 6.07 Å². The van der Waals surface area contributed by atoms with Gasteiger partial charge in [0, 0.05) is 0 Å². The summed E-state index contributed by atoms with van der Waals surface area (Å²) >= 11 is 3.20. The van der Waals surface area contributed by atoms with Crippen LogP contribution in [0.15, 0.2) is 33.4 Å². The number of hydrogen-bond donors (Lipinski definition) is 1. The molecule has 0 atom stereocenters. The highest BCUT2D eigenvalue weighted by Gasteiger charge is 2.04. The smallest absolute Gasteiger partial charge is 0.169 e. The molecule has 0 aliphatic heterocycles. The van der Waals surface area contributed by atoms with E-state index >= 15 is 0 Å². The van der Waals surface area contributed by atoms with Crippen molar-refractivity contribution in [3.63, 3.8) is 0 Å². The van der Waals surface area contributed by atoms with Crippen molar-refractivity contribution in [1.82, 2.24) is 10.2 Å². The molecule has 13 heavy (non-hydrogen) atoms. The lowest BCUT2D eigenvalue weighted by atomic mass is 10.3. The normalized spacial score (nSPS) is 10.2. The van der Waals surface area contributed by atoms with Gasteiger partial charge in [-0.1, -0.05) is 0 Å². The van der Waals surface area contributed by atoms with E-state index in [4.69, 9.17) is 10.2 Å². The summed E-state index contributed by atoms with van der Waals surface area (Å²) in [5.41, 5.74) is 6.06. The summed E-state index contributed by atoms with van der Waals surface area (Å²) < 4.78 is 5.95. The molecular weight excluding hydrogens is 234 g/mol. The fourth-order valence-corrected chi connectivity index (χ4v) is 1.23. The molecule has 0 aromatic carbocycles. The first-order chi connectivity index (χ1) is 6.25. The van der Waals surface area contributed by atoms with Crippen LogP contribution in [0.2, 0.25) is 0 Å². The minimum Gasteiger partial charge on any atom is -0.448 e. The number of halogens is 1. The first-order valence-corrected chi connectivity index (χ1v) is 4.40. The molecule has 2 N–H and O–H groups in total. The third kappa shape index (κ3) is 1.70. The SMILES string of the molecule is Nc1ccc(-c2ccc(Br)o2)nn1. The van der Waals surface area contributed by atoms with Crippen LogP contribution in [0.5, 0.6) is 0 Å². The number of hydrogen-bond acceptors (Lipinski definition) is 4. The van der Waals surface area contributed by atoms with Crippen LogP contribution < -0.4 is 5.73 Å². The predicted octanol–water partition coefficient (Wildman–Crippen LogP) is 2.08. The minimum absolute atomic E-state index is 0.398. The van der Waals surface area contributed by atoms with Crippen LogP contribution in [-0.2, 0) is 0 Å². The maximum atomic E-state index is 5.40. The lowest BCUT2D eigenvalue weighted by molar-refractivity contribution is 0.553. The van der Waals surface area contributed by atoms with Gasteiger partial charge in [-0.05, 0) is 40.2 Å². The molecule has 5 heteroatoms. The van der Waals surface area contributed by atoms with Gasteiger partial charge in [0.05, 0.1) is 0 Å². The molecule has 2 rings (SSSR count). The van der Waals surface area contributed by atoms with E-state index in [1.54, 1.807) is 18.2 Å². The Morgan fingerprint density at radius 3 is 2.54 bits per heavy atom. The fourth-order valence-electron chi connectivity index (χ4n) is 0.926. The van der Waals surface area contributed by atoms with Crippen LogP contribution >= 0.6 is 15.9 Å². The number of nitrogens with zero attached hydrogens (tertiary/aromatic N) is 2. The summed E-state index contributed by atoms with van der Waals surface area (Å²) in [5.74, 6) is 1.06. The highest BCUT2D eigenvalue weighted by atomic mass is 79.9. The largest absolute Gasteiger partial charge is 0.448 e. The average Bonchev–Trinajstić information content (AvgIpc) is 2.53. The van der Waals surface area contributed by atoms with Crippen LogP contribution in [0.1, 0.15) is 0 Å². The molecule has 4 nitrogen and oxygen atoms in total. The summed E-state index contributed by atoms with van der Waals surface area (Å²) in [5, 5.41) is 7.59. The van der Waals surface area contributed by atoms with E-state index in [0.29, 0.717) is 21.9 Å². The van der Waals surface area contributed by atoms with E-state index < -0.39 is 0 Å². The maximum Gasteiger partial charge on any atom is 0.169 e. The molecule has 0 bridgehead atoms. The van der Waals surface area contributed by atoms with Crippen LogP contribution in [0.25, 0.3) is 11.5 Å². The quantitative estimate of drug-likeness (QED) is 0.828. The molecular formula is C8H6BrN3O. The van der Waals surface area contributed by atoms with Crippen molar-refractivity contribution in [2.45, 2.75) is 0 Å². The van der Waals surface area contributed by atoms with Crippen LogP contribution in [0, 0.1) is 0 Å². The van der Waals surface area contributed by atoms with E-state index in [9.17, 15) is 0 Å². The lowest BCUT2D eigenvalue weighted by Gasteiger charge is -1.94. The van der Waals surface area contributed by atoms with E-state index in [0.717, 1.165) is 0 Å². The van der Waals surface area contributed by atoms with Gasteiger partial charge in [-0.15, -0.1) is 10.2 Å². The second-order valence-corrected chi connectivity index (χ2v) is 3.23. The number of furan rings is 1. The lowest BCUT2D eigenvalue weighted by Crippen LogP contribution is -1.92. The minimum atomic E-state index is 0.398. The molecule has 2 heterocycles. The Hall–Kier alpha value is -1.36. The summed E-state index contributed by atoms with van der Waals surface area (Å²) in [4.78, 5) is 0. The van der Waals surface area contributed by atoms with Crippen LogP contribution in [0.3, 0.4) is 0 Å². The van der Waals surface area contributed by atoms with Gasteiger partial charge in [0.25, 0.3) is 0 Å². The molecule has 2 aromatic rings. The Balaban J connectivity index is 2.41. The van der Waals surface area contributed by atoms with E-state index in [1.165, 1.54) is 0 Å². The molecule has 0 saturated heterocycles. The van der Waals surface area contributed by atoms with Gasteiger partial charge in [0.15, 0.2) is 10.4 Å². The second-order valence-electron chi connectivity index (χ2n) is 2.45. The number of nitrogens with two attached hydrogens (primary N) is 1. The van der Waals surface area contributed by atoms with Crippen LogP contribution in [-0.4, -0.2) is 10.2 Å². The predicted molar refractivity (Wildman–Crippen MR) is 51.8 cm³/mol. The Kier molecular flexibility index (Phi) is 2.02. The van der Waals surface area contributed by atoms with Gasteiger partial charge in [-0.2, -0.15) is 0 Å². The van der Waals surface area contributed by atoms with Crippen LogP contribution in [0.4, 0.5) is 5.82 Å². The monoisotopic (exact) mass is 239 g/mol. The van der Waals surface area contributed by atoms with Gasteiger partial charge in [0.2, 0.25) is 0 Å². The van der Waals surface area contributed by atoms with Gasteiger partial charge < -0.3 is 10.2 Å². The van der Waals surface area contributed by atoms with E-state index in [-0.39, 0.29) is 0 Å². The van der Waals surface area contributed by atoms with Crippen molar-refractivity contribution in [3.8, 4) is 11.5 Å². The first-order valence-electron chi connectivity index (χ1n) is 3.60. The molecule has 0 aliphatic rings. The van der Waals surface area contributed by atoms with Crippen molar-refractivity contribution in [3.05, 3.63) is 28.9 Å². The van der Waals surface area contributed by atoms with Crippen molar-refractivity contribution in [2.24, 2.45) is 0 Å². The summed E-state index contributed by atoms with van der Waals surface area (Å²) in [6, 6.07) is 7.05. The fraction of sp³-hybridized carbons (Fsp3) is 0. The highest BCUT2D eigenvalue weighted by Crippen LogP contribution is 2.22. The highest BCUT2D eigenvalue weighted by molar-refractivity contribution is 9.10. The summed E-state index contributed by atoms with van der Waals surface area (Å²) in [6.07, 6.45) is 0. The molecule has 0 radical (unpaired) electrons. The van der Waals surface area contributed by atoms with E-state index in [2.05, 4.69) is 26.1 Å². The van der Waals surface area contributed by atoms with Crippen molar-refractivity contribution in [1.29, 1.82) is 0 Å². The topological polar surface area (TPSA) is 64.9 Å². The third-order valence-electron chi connectivity index (χ3n) is 1.51. The average molecular weight is 240 g/mol. The van der Waals surface area contributed by atoms with Gasteiger partial charge in [0.1, 0.15) is 11.5 Å². The molecule has 2 aromatic heterocycles. The number of anilines is 1. The Labute approximate surface area is 82.9 Å². The molecule has 0 amide bonds. The van der Waals surface area contributed by atoms with Crippen molar-refractivity contribution in [2.75, 3.05) is 5.73 Å². The molecule has 0 aliphatic carbocycles. The number of nitrogen functional groups attached to an aromatic ring is 1. The zero-order valence-corrected chi connectivity index (χ0v) is 8.15. The number of rotatable bonds is 1. The standard InChI is InChI=1S/C8H6BrN3O/c9-7-3-2-6(13-7)5-1-4-8(10)12-11-5/h1-4H,(H2,10,12). The van der Waals surface area contributed by atoms with Gasteiger partial charge in [-0.25, -0.2) is 0 Å². The molecule has 0 fully saturated rings. The zero-order valence-electron chi connectivity index (χ0n) is 6.57. The number of aromatic nitrogens is 2. The molecule has 0 spiro atoms. The van der Waals surface area contributed by atoms with Gasteiger partial charge in [-0.3, -0.25) is 0 Å².